The topological polar surface area (TPSA) is 70.9 Å². The van der Waals surface area contributed by atoms with E-state index in [-0.39, 0.29) is 0 Å². The second-order valence-corrected chi connectivity index (χ2v) is 4.39. The van der Waals surface area contributed by atoms with E-state index >= 15 is 0 Å². The number of ether oxygens (including phenoxy) is 1. The molecule has 6 nitrogen and oxygen atoms in total. The Morgan fingerprint density at radius 1 is 1.28 bits per heavy atom. The smallest absolute Gasteiger partial charge is 0.243 e. The first kappa shape index (κ1) is 12.5. The molecular formula is C12H19N5O. The molecule has 0 fully saturated rings. The predicted molar refractivity (Wildman–Crippen MR) is 69.6 cm³/mol. The van der Waals surface area contributed by atoms with Gasteiger partial charge in [-0.25, -0.2) is 9.36 Å². The zero-order valence-electron chi connectivity index (χ0n) is 11.3. The van der Waals surface area contributed by atoms with Crippen molar-refractivity contribution in [2.45, 2.75) is 26.7 Å². The standard InChI is InChI=1S/C12H19N5O/c1-5-6-9-11(13)12(17(4)15-9)18-10-7-8(2)14-16(10)3/h7H,5-6,13H2,1-4H3. The van der Waals surface area contributed by atoms with Crippen LogP contribution in [0.25, 0.3) is 0 Å². The number of nitrogens with zero attached hydrogens (tertiary/aromatic N) is 4. The molecule has 18 heavy (non-hydrogen) atoms. The summed E-state index contributed by atoms with van der Waals surface area (Å²) in [7, 11) is 3.66. The first-order chi connectivity index (χ1) is 8.52. The van der Waals surface area contributed by atoms with Crippen LogP contribution in [0.5, 0.6) is 11.8 Å². The highest BCUT2D eigenvalue weighted by molar-refractivity contribution is 5.54. The number of hydrogen-bond donors (Lipinski definition) is 1. The van der Waals surface area contributed by atoms with Crippen molar-refractivity contribution < 1.29 is 4.74 Å². The molecule has 98 valence electrons. The molecule has 0 amide bonds. The molecule has 0 aliphatic rings. The van der Waals surface area contributed by atoms with Gasteiger partial charge in [-0.2, -0.15) is 10.2 Å². The largest absolute Gasteiger partial charge is 0.419 e. The summed E-state index contributed by atoms with van der Waals surface area (Å²) in [4.78, 5) is 0. The molecule has 0 saturated heterocycles. The first-order valence-corrected chi connectivity index (χ1v) is 6.02. The summed E-state index contributed by atoms with van der Waals surface area (Å²) >= 11 is 0. The van der Waals surface area contributed by atoms with Crippen molar-refractivity contribution in [1.29, 1.82) is 0 Å². The van der Waals surface area contributed by atoms with Gasteiger partial charge in [-0.15, -0.1) is 0 Å². The van der Waals surface area contributed by atoms with Crippen LogP contribution in [-0.2, 0) is 20.5 Å². The first-order valence-electron chi connectivity index (χ1n) is 6.02. The molecule has 0 atom stereocenters. The quantitative estimate of drug-likeness (QED) is 0.896. The number of rotatable bonds is 4. The fourth-order valence-electron chi connectivity index (χ4n) is 1.90. The molecule has 6 heteroatoms. The average Bonchev–Trinajstić information content (AvgIpc) is 2.74. The predicted octanol–water partition coefficient (Wildman–Crippen LogP) is 1.79. The molecule has 0 aromatic carbocycles. The summed E-state index contributed by atoms with van der Waals surface area (Å²) in [5.74, 6) is 1.23. The lowest BCUT2D eigenvalue weighted by Crippen LogP contribution is -2.01. The molecule has 0 bridgehead atoms. The van der Waals surface area contributed by atoms with E-state index in [0.29, 0.717) is 17.4 Å². The number of hydrogen-bond acceptors (Lipinski definition) is 4. The van der Waals surface area contributed by atoms with E-state index in [9.17, 15) is 0 Å². The number of anilines is 1. The van der Waals surface area contributed by atoms with Gasteiger partial charge in [0.05, 0.1) is 11.4 Å². The normalized spacial score (nSPS) is 10.9. The van der Waals surface area contributed by atoms with Gasteiger partial charge in [0.1, 0.15) is 5.69 Å². The van der Waals surface area contributed by atoms with Crippen molar-refractivity contribution in [3.63, 3.8) is 0 Å². The van der Waals surface area contributed by atoms with Crippen LogP contribution in [0.2, 0.25) is 0 Å². The summed E-state index contributed by atoms with van der Waals surface area (Å²) in [6, 6.07) is 1.87. The van der Waals surface area contributed by atoms with Crippen molar-refractivity contribution in [2.75, 3.05) is 5.73 Å². The van der Waals surface area contributed by atoms with Gasteiger partial charge in [0.15, 0.2) is 0 Å². The van der Waals surface area contributed by atoms with E-state index in [1.54, 1.807) is 9.36 Å². The highest BCUT2D eigenvalue weighted by atomic mass is 16.5. The van der Waals surface area contributed by atoms with Gasteiger partial charge in [-0.3, -0.25) is 0 Å². The van der Waals surface area contributed by atoms with Gasteiger partial charge in [0.2, 0.25) is 11.8 Å². The minimum atomic E-state index is 0.571. The Kier molecular flexibility index (Phi) is 3.27. The van der Waals surface area contributed by atoms with Crippen molar-refractivity contribution in [3.05, 3.63) is 17.5 Å². The minimum Gasteiger partial charge on any atom is -0.419 e. The fraction of sp³-hybridized carbons (Fsp3) is 0.500. The van der Waals surface area contributed by atoms with E-state index < -0.39 is 0 Å². The molecule has 0 aliphatic heterocycles. The average molecular weight is 249 g/mol. The Hall–Kier alpha value is -1.98. The third-order valence-corrected chi connectivity index (χ3v) is 2.75. The van der Waals surface area contributed by atoms with E-state index in [4.69, 9.17) is 10.5 Å². The number of aromatic nitrogens is 4. The molecule has 2 heterocycles. The van der Waals surface area contributed by atoms with E-state index in [1.807, 2.05) is 27.1 Å². The number of aryl methyl sites for hydroxylation is 4. The molecule has 0 radical (unpaired) electrons. The molecule has 2 aromatic heterocycles. The maximum absolute atomic E-state index is 6.06. The lowest BCUT2D eigenvalue weighted by molar-refractivity contribution is 0.394. The lowest BCUT2D eigenvalue weighted by Gasteiger charge is -2.06. The van der Waals surface area contributed by atoms with Crippen molar-refractivity contribution in [2.24, 2.45) is 14.1 Å². The van der Waals surface area contributed by atoms with E-state index in [1.165, 1.54) is 0 Å². The maximum atomic E-state index is 6.06. The third kappa shape index (κ3) is 2.18. The Balaban J connectivity index is 2.31. The van der Waals surface area contributed by atoms with Gasteiger partial charge in [0.25, 0.3) is 0 Å². The monoisotopic (exact) mass is 249 g/mol. The van der Waals surface area contributed by atoms with Gasteiger partial charge in [-0.05, 0) is 13.3 Å². The molecular weight excluding hydrogens is 230 g/mol. The van der Waals surface area contributed by atoms with Gasteiger partial charge < -0.3 is 10.5 Å². The summed E-state index contributed by atoms with van der Waals surface area (Å²) in [6.07, 6.45) is 1.86. The maximum Gasteiger partial charge on any atom is 0.243 e. The molecule has 0 saturated carbocycles. The fourth-order valence-corrected chi connectivity index (χ4v) is 1.90. The van der Waals surface area contributed by atoms with Crippen LogP contribution in [-0.4, -0.2) is 19.6 Å². The minimum absolute atomic E-state index is 0.571. The van der Waals surface area contributed by atoms with E-state index in [2.05, 4.69) is 17.1 Å². The SMILES string of the molecule is CCCc1nn(C)c(Oc2cc(C)nn2C)c1N. The molecule has 0 aliphatic carbocycles. The van der Waals surface area contributed by atoms with Crippen molar-refractivity contribution in [3.8, 4) is 11.8 Å². The summed E-state index contributed by atoms with van der Waals surface area (Å²) in [5, 5.41) is 8.60. The summed E-state index contributed by atoms with van der Waals surface area (Å²) in [6.45, 7) is 4.01. The molecule has 0 unspecified atom stereocenters. The molecule has 0 spiro atoms. The summed E-state index contributed by atoms with van der Waals surface area (Å²) in [5.41, 5.74) is 8.45. The Labute approximate surface area is 106 Å². The zero-order chi connectivity index (χ0) is 13.3. The van der Waals surface area contributed by atoms with Crippen LogP contribution < -0.4 is 10.5 Å². The van der Waals surface area contributed by atoms with Crippen LogP contribution in [0.15, 0.2) is 6.07 Å². The molecule has 2 N–H and O–H groups in total. The molecule has 2 aromatic rings. The van der Waals surface area contributed by atoms with Crippen LogP contribution >= 0.6 is 0 Å². The highest BCUT2D eigenvalue weighted by Crippen LogP contribution is 2.30. The van der Waals surface area contributed by atoms with Gasteiger partial charge >= 0.3 is 0 Å². The Morgan fingerprint density at radius 3 is 2.56 bits per heavy atom. The third-order valence-electron chi connectivity index (χ3n) is 2.75. The zero-order valence-corrected chi connectivity index (χ0v) is 11.3. The second-order valence-electron chi connectivity index (χ2n) is 4.39. The number of nitrogens with two attached hydrogens (primary N) is 1. The Bertz CT molecular complexity index is 555. The van der Waals surface area contributed by atoms with Crippen LogP contribution in [0.3, 0.4) is 0 Å². The second kappa shape index (κ2) is 4.72. The number of nitrogen functional groups attached to an aromatic ring is 1. The van der Waals surface area contributed by atoms with Crippen LogP contribution in [0, 0.1) is 6.92 Å². The van der Waals surface area contributed by atoms with Crippen molar-refractivity contribution in [1.82, 2.24) is 19.6 Å². The molecule has 2 rings (SSSR count). The van der Waals surface area contributed by atoms with Crippen molar-refractivity contribution >= 4 is 5.69 Å². The lowest BCUT2D eigenvalue weighted by atomic mass is 10.2. The highest BCUT2D eigenvalue weighted by Gasteiger charge is 2.16. The van der Waals surface area contributed by atoms with Gasteiger partial charge in [-0.1, -0.05) is 13.3 Å². The van der Waals surface area contributed by atoms with Gasteiger partial charge in [0, 0.05) is 20.2 Å². The van der Waals surface area contributed by atoms with E-state index in [0.717, 1.165) is 24.2 Å². The Morgan fingerprint density at radius 2 is 2.00 bits per heavy atom. The summed E-state index contributed by atoms with van der Waals surface area (Å²) < 4.78 is 9.15. The van der Waals surface area contributed by atoms with Crippen LogP contribution in [0.1, 0.15) is 24.7 Å². The van der Waals surface area contributed by atoms with Crippen LogP contribution in [0.4, 0.5) is 5.69 Å².